The number of thioether (sulfide) groups is 1. The van der Waals surface area contributed by atoms with Gasteiger partial charge in [0.05, 0.1) is 11.8 Å². The van der Waals surface area contributed by atoms with Crippen LogP contribution in [-0.2, 0) is 27.6 Å². The molecule has 1 fully saturated rings. The van der Waals surface area contributed by atoms with E-state index in [4.69, 9.17) is 4.74 Å². The summed E-state index contributed by atoms with van der Waals surface area (Å²) in [6, 6.07) is 3.24. The van der Waals surface area contributed by atoms with Crippen molar-refractivity contribution in [3.63, 3.8) is 0 Å². The average Bonchev–Trinajstić information content (AvgIpc) is 3.40. The number of ether oxygens (including phenoxy) is 1. The van der Waals surface area contributed by atoms with Gasteiger partial charge in [-0.3, -0.25) is 9.59 Å². The van der Waals surface area contributed by atoms with Crippen molar-refractivity contribution in [3.8, 4) is 0 Å². The van der Waals surface area contributed by atoms with Crippen LogP contribution in [0.4, 0.5) is 14.6 Å². The van der Waals surface area contributed by atoms with Crippen molar-refractivity contribution < 1.29 is 23.1 Å². The van der Waals surface area contributed by atoms with E-state index in [-0.39, 0.29) is 18.6 Å². The standard InChI is InChI=1S/C19H20F2N4O3S/c20-13-4-1-5-14(21)17(13)19(27)23-18-12-9-29-10-15(12)24-25(18)8-16(26)22-7-11-3-2-6-28-11/h1,4-5,11H,2-3,6-10H2,(H,22,26)(H,23,27). The van der Waals surface area contributed by atoms with Crippen LogP contribution in [0.25, 0.3) is 0 Å². The van der Waals surface area contributed by atoms with Gasteiger partial charge in [0.25, 0.3) is 5.91 Å². The molecule has 1 aromatic carbocycles. The van der Waals surface area contributed by atoms with Crippen LogP contribution < -0.4 is 10.6 Å². The van der Waals surface area contributed by atoms with Gasteiger partial charge in [-0.1, -0.05) is 6.07 Å². The largest absolute Gasteiger partial charge is 0.376 e. The van der Waals surface area contributed by atoms with Gasteiger partial charge < -0.3 is 15.4 Å². The molecule has 0 saturated carbocycles. The SMILES string of the molecule is O=C(Cn1nc2c(c1NC(=O)c1c(F)cccc1F)CSC2)NCC1CCCO1. The minimum Gasteiger partial charge on any atom is -0.376 e. The van der Waals surface area contributed by atoms with Gasteiger partial charge in [0.2, 0.25) is 5.91 Å². The normalized spacial score (nSPS) is 17.9. The van der Waals surface area contributed by atoms with E-state index in [2.05, 4.69) is 15.7 Å². The molecule has 1 saturated heterocycles. The van der Waals surface area contributed by atoms with Crippen molar-refractivity contribution >= 4 is 29.4 Å². The summed E-state index contributed by atoms with van der Waals surface area (Å²) in [5.74, 6) is -1.55. The number of hydrogen-bond acceptors (Lipinski definition) is 5. The third-order valence-corrected chi connectivity index (χ3v) is 5.86. The fourth-order valence-corrected chi connectivity index (χ4v) is 4.46. The van der Waals surface area contributed by atoms with Crippen LogP contribution in [0.2, 0.25) is 0 Å². The molecule has 29 heavy (non-hydrogen) atoms. The van der Waals surface area contributed by atoms with Crippen molar-refractivity contribution in [3.05, 3.63) is 46.7 Å². The Morgan fingerprint density at radius 3 is 2.79 bits per heavy atom. The quantitative estimate of drug-likeness (QED) is 0.747. The third-order valence-electron chi connectivity index (χ3n) is 4.88. The number of amides is 2. The van der Waals surface area contributed by atoms with Crippen LogP contribution in [-0.4, -0.2) is 40.9 Å². The Morgan fingerprint density at radius 1 is 1.28 bits per heavy atom. The molecule has 1 atom stereocenters. The molecule has 0 radical (unpaired) electrons. The van der Waals surface area contributed by atoms with Gasteiger partial charge in [0.15, 0.2) is 0 Å². The Bertz CT molecular complexity index is 924. The molecule has 2 N–H and O–H groups in total. The summed E-state index contributed by atoms with van der Waals surface area (Å²) in [7, 11) is 0. The molecular formula is C19H20F2N4O3S. The summed E-state index contributed by atoms with van der Waals surface area (Å²) in [5, 5.41) is 9.76. The highest BCUT2D eigenvalue weighted by Gasteiger charge is 2.27. The molecule has 154 valence electrons. The molecule has 2 aromatic rings. The first-order valence-electron chi connectivity index (χ1n) is 9.33. The van der Waals surface area contributed by atoms with Crippen LogP contribution in [0.1, 0.15) is 34.5 Å². The van der Waals surface area contributed by atoms with Crippen molar-refractivity contribution in [2.24, 2.45) is 0 Å². The number of rotatable bonds is 6. The second-order valence-electron chi connectivity index (χ2n) is 6.91. The summed E-state index contributed by atoms with van der Waals surface area (Å²) < 4.78 is 34.8. The number of halogens is 2. The molecular weight excluding hydrogens is 402 g/mol. The zero-order valence-corrected chi connectivity index (χ0v) is 16.4. The average molecular weight is 422 g/mol. The molecule has 0 aliphatic carbocycles. The fraction of sp³-hybridized carbons (Fsp3) is 0.421. The van der Waals surface area contributed by atoms with E-state index < -0.39 is 23.1 Å². The Hall–Kier alpha value is -2.46. The first-order chi connectivity index (χ1) is 14.0. The molecule has 2 aliphatic rings. The molecule has 1 unspecified atom stereocenters. The number of carbonyl (C=O) groups excluding carboxylic acids is 2. The lowest BCUT2D eigenvalue weighted by Crippen LogP contribution is -2.34. The molecule has 10 heteroatoms. The van der Waals surface area contributed by atoms with Crippen molar-refractivity contribution in [2.75, 3.05) is 18.5 Å². The number of aromatic nitrogens is 2. The summed E-state index contributed by atoms with van der Waals surface area (Å²) in [6.45, 7) is 1.00. The molecule has 4 rings (SSSR count). The highest BCUT2D eigenvalue weighted by atomic mass is 32.2. The van der Waals surface area contributed by atoms with Gasteiger partial charge >= 0.3 is 0 Å². The second-order valence-corrected chi connectivity index (χ2v) is 7.90. The zero-order valence-electron chi connectivity index (χ0n) is 15.5. The summed E-state index contributed by atoms with van der Waals surface area (Å²) >= 11 is 1.62. The van der Waals surface area contributed by atoms with Gasteiger partial charge in [-0.05, 0) is 25.0 Å². The molecule has 0 spiro atoms. The predicted molar refractivity (Wildman–Crippen MR) is 104 cm³/mol. The van der Waals surface area contributed by atoms with Crippen LogP contribution in [0.3, 0.4) is 0 Å². The molecule has 2 amide bonds. The van der Waals surface area contributed by atoms with E-state index in [1.54, 1.807) is 11.8 Å². The molecule has 1 aromatic heterocycles. The summed E-state index contributed by atoms with van der Waals surface area (Å²) in [4.78, 5) is 24.9. The third kappa shape index (κ3) is 4.27. The topological polar surface area (TPSA) is 85.2 Å². The highest BCUT2D eigenvalue weighted by molar-refractivity contribution is 7.98. The molecule has 2 aliphatic heterocycles. The Morgan fingerprint density at radius 2 is 2.07 bits per heavy atom. The number of carbonyl (C=O) groups is 2. The molecule has 3 heterocycles. The van der Waals surface area contributed by atoms with Gasteiger partial charge in [-0.2, -0.15) is 16.9 Å². The lowest BCUT2D eigenvalue weighted by atomic mass is 10.2. The predicted octanol–water partition coefficient (Wildman–Crippen LogP) is 2.46. The second kappa shape index (κ2) is 8.50. The minimum atomic E-state index is -0.950. The number of nitrogens with one attached hydrogen (secondary N) is 2. The van der Waals surface area contributed by atoms with Gasteiger partial charge in [0, 0.05) is 30.2 Å². The fourth-order valence-electron chi connectivity index (χ4n) is 3.43. The van der Waals surface area contributed by atoms with Crippen molar-refractivity contribution in [2.45, 2.75) is 37.0 Å². The van der Waals surface area contributed by atoms with E-state index in [0.29, 0.717) is 30.5 Å². The zero-order chi connectivity index (χ0) is 20.4. The van der Waals surface area contributed by atoms with E-state index in [1.807, 2.05) is 0 Å². The number of anilines is 1. The van der Waals surface area contributed by atoms with Crippen LogP contribution >= 0.6 is 11.8 Å². The molecule has 0 bridgehead atoms. The number of hydrogen-bond donors (Lipinski definition) is 2. The minimum absolute atomic E-state index is 0.0150. The maximum atomic E-state index is 14.0. The Balaban J connectivity index is 1.50. The smallest absolute Gasteiger partial charge is 0.262 e. The van der Waals surface area contributed by atoms with Crippen LogP contribution in [0, 0.1) is 11.6 Å². The highest BCUT2D eigenvalue weighted by Crippen LogP contribution is 2.35. The number of fused-ring (bicyclic) bond motifs is 1. The van der Waals surface area contributed by atoms with Crippen LogP contribution in [0.15, 0.2) is 18.2 Å². The van der Waals surface area contributed by atoms with Gasteiger partial charge in [-0.15, -0.1) is 0 Å². The first-order valence-corrected chi connectivity index (χ1v) is 10.5. The summed E-state index contributed by atoms with van der Waals surface area (Å²) in [6.07, 6.45) is 1.90. The van der Waals surface area contributed by atoms with E-state index in [0.717, 1.165) is 36.2 Å². The van der Waals surface area contributed by atoms with Crippen molar-refractivity contribution in [1.82, 2.24) is 15.1 Å². The van der Waals surface area contributed by atoms with E-state index in [1.165, 1.54) is 10.7 Å². The Kier molecular flexibility index (Phi) is 5.81. The summed E-state index contributed by atoms with van der Waals surface area (Å²) in [5.41, 5.74) is 0.862. The van der Waals surface area contributed by atoms with Gasteiger partial charge in [0.1, 0.15) is 29.6 Å². The number of benzene rings is 1. The van der Waals surface area contributed by atoms with E-state index in [9.17, 15) is 18.4 Å². The van der Waals surface area contributed by atoms with Crippen molar-refractivity contribution in [1.29, 1.82) is 0 Å². The lowest BCUT2D eigenvalue weighted by Gasteiger charge is -2.13. The van der Waals surface area contributed by atoms with E-state index >= 15 is 0 Å². The Labute approximate surface area is 170 Å². The first kappa shape index (κ1) is 19.8. The van der Waals surface area contributed by atoms with Gasteiger partial charge in [-0.25, -0.2) is 13.5 Å². The maximum Gasteiger partial charge on any atom is 0.262 e. The monoisotopic (exact) mass is 422 g/mol. The lowest BCUT2D eigenvalue weighted by molar-refractivity contribution is -0.122. The molecule has 7 nitrogen and oxygen atoms in total. The number of nitrogens with zero attached hydrogens (tertiary/aromatic N) is 2. The maximum absolute atomic E-state index is 14.0. The van der Waals surface area contributed by atoms with Crippen LogP contribution in [0.5, 0.6) is 0 Å².